The quantitative estimate of drug-likeness (QED) is 0.701. The molecule has 0 saturated carbocycles. The Kier molecular flexibility index (Phi) is 7.36. The Morgan fingerprint density at radius 1 is 1.38 bits per heavy atom. The average Bonchev–Trinajstić information content (AvgIpc) is 3.04. The van der Waals surface area contributed by atoms with Gasteiger partial charge in [-0.2, -0.15) is 0 Å². The molecule has 0 spiro atoms. The third kappa shape index (κ3) is 5.98. The third-order valence-corrected chi connectivity index (χ3v) is 5.46. The molecular formula is C15H14Cl2N2O3S2. The predicted octanol–water partition coefficient (Wildman–Crippen LogP) is 4.17. The molecule has 2 aromatic heterocycles. The number of hydrogen-bond donors (Lipinski definition) is 1. The molecule has 24 heavy (non-hydrogen) atoms. The van der Waals surface area contributed by atoms with E-state index in [2.05, 4.69) is 10.3 Å². The first-order valence-electron chi connectivity index (χ1n) is 6.84. The molecule has 0 radical (unpaired) electrons. The van der Waals surface area contributed by atoms with Crippen LogP contribution in [-0.4, -0.2) is 29.2 Å². The molecule has 0 unspecified atom stereocenters. The van der Waals surface area contributed by atoms with Crippen molar-refractivity contribution in [3.63, 3.8) is 0 Å². The van der Waals surface area contributed by atoms with E-state index in [4.69, 9.17) is 27.9 Å². The summed E-state index contributed by atoms with van der Waals surface area (Å²) < 4.78 is 4.92. The van der Waals surface area contributed by atoms with Crippen LogP contribution in [0.1, 0.15) is 10.6 Å². The van der Waals surface area contributed by atoms with Crippen LogP contribution in [0, 0.1) is 6.92 Å². The Bertz CT molecular complexity index is 724. The van der Waals surface area contributed by atoms with Crippen molar-refractivity contribution in [1.82, 2.24) is 4.98 Å². The Hall–Kier alpha value is -1.28. The third-order valence-electron chi connectivity index (χ3n) is 2.77. The highest BCUT2D eigenvalue weighted by Crippen LogP contribution is 2.25. The van der Waals surface area contributed by atoms with Crippen LogP contribution < -0.4 is 5.32 Å². The van der Waals surface area contributed by atoms with Gasteiger partial charge in [0.05, 0.1) is 21.5 Å². The normalized spacial score (nSPS) is 10.5. The molecule has 0 fully saturated rings. The maximum absolute atomic E-state index is 11.8. The summed E-state index contributed by atoms with van der Waals surface area (Å²) in [5, 5.41) is 5.10. The lowest BCUT2D eigenvalue weighted by Crippen LogP contribution is -2.22. The molecule has 0 aliphatic carbocycles. The summed E-state index contributed by atoms with van der Waals surface area (Å²) in [4.78, 5) is 28.7. The number of amides is 1. The van der Waals surface area contributed by atoms with Crippen LogP contribution in [-0.2, 0) is 20.1 Å². The number of anilines is 1. The molecule has 128 valence electrons. The number of nitrogens with zero attached hydrogens (tertiary/aromatic N) is 1. The summed E-state index contributed by atoms with van der Waals surface area (Å²) in [6, 6.07) is 5.45. The van der Waals surface area contributed by atoms with Crippen molar-refractivity contribution in [3.8, 4) is 0 Å². The van der Waals surface area contributed by atoms with E-state index in [1.54, 1.807) is 18.3 Å². The highest BCUT2D eigenvalue weighted by atomic mass is 35.5. The van der Waals surface area contributed by atoms with Gasteiger partial charge in [-0.25, -0.2) is 4.98 Å². The van der Waals surface area contributed by atoms with Crippen molar-refractivity contribution in [1.29, 1.82) is 0 Å². The standard InChI is InChI=1S/C15H14Cl2N2O3S2/c1-9-11(16)5-12(17)15(18-9)19-13(20)6-22-14(21)8-23-7-10-3-2-4-24-10/h2-5H,6-8H2,1H3,(H,18,19,20). The summed E-state index contributed by atoms with van der Waals surface area (Å²) in [5.41, 5.74) is 0.540. The van der Waals surface area contributed by atoms with Crippen LogP contribution in [0.3, 0.4) is 0 Å². The molecule has 5 nitrogen and oxygen atoms in total. The minimum atomic E-state index is -0.511. The fourth-order valence-electron chi connectivity index (χ4n) is 1.63. The van der Waals surface area contributed by atoms with E-state index in [-0.39, 0.29) is 16.6 Å². The number of thioether (sulfide) groups is 1. The Morgan fingerprint density at radius 3 is 2.88 bits per heavy atom. The van der Waals surface area contributed by atoms with Gasteiger partial charge in [-0.1, -0.05) is 29.3 Å². The van der Waals surface area contributed by atoms with Crippen LogP contribution >= 0.6 is 46.3 Å². The molecule has 1 amide bonds. The van der Waals surface area contributed by atoms with E-state index in [9.17, 15) is 9.59 Å². The van der Waals surface area contributed by atoms with Gasteiger partial charge < -0.3 is 10.1 Å². The number of nitrogens with one attached hydrogen (secondary N) is 1. The topological polar surface area (TPSA) is 68.3 Å². The number of esters is 1. The second kappa shape index (κ2) is 9.27. The molecule has 0 aliphatic rings. The number of halogens is 2. The number of rotatable bonds is 7. The van der Waals surface area contributed by atoms with Crippen molar-refractivity contribution in [2.75, 3.05) is 17.7 Å². The number of hydrogen-bond acceptors (Lipinski definition) is 6. The van der Waals surface area contributed by atoms with E-state index in [1.165, 1.54) is 22.7 Å². The van der Waals surface area contributed by atoms with E-state index >= 15 is 0 Å². The van der Waals surface area contributed by atoms with Crippen molar-refractivity contribution < 1.29 is 14.3 Å². The molecule has 0 atom stereocenters. The van der Waals surface area contributed by atoms with Crippen molar-refractivity contribution in [2.45, 2.75) is 12.7 Å². The lowest BCUT2D eigenvalue weighted by atomic mass is 10.3. The number of thiophene rings is 1. The predicted molar refractivity (Wildman–Crippen MR) is 99.1 cm³/mol. The van der Waals surface area contributed by atoms with Gasteiger partial charge in [0.15, 0.2) is 12.4 Å². The van der Waals surface area contributed by atoms with E-state index in [0.29, 0.717) is 10.7 Å². The van der Waals surface area contributed by atoms with Gasteiger partial charge in [-0.05, 0) is 24.4 Å². The second-order valence-electron chi connectivity index (χ2n) is 4.67. The lowest BCUT2D eigenvalue weighted by Gasteiger charge is -2.09. The number of carbonyl (C=O) groups is 2. The van der Waals surface area contributed by atoms with E-state index < -0.39 is 18.5 Å². The molecule has 1 N–H and O–H groups in total. The van der Waals surface area contributed by atoms with Crippen molar-refractivity contribution in [3.05, 3.63) is 44.2 Å². The second-order valence-corrected chi connectivity index (χ2v) is 7.50. The van der Waals surface area contributed by atoms with Crippen molar-refractivity contribution >= 4 is 64.0 Å². The summed E-state index contributed by atoms with van der Waals surface area (Å²) in [5.74, 6) is 0.153. The maximum atomic E-state index is 11.8. The first-order valence-corrected chi connectivity index (χ1v) is 9.63. The summed E-state index contributed by atoms with van der Waals surface area (Å²) in [6.45, 7) is 1.30. The van der Waals surface area contributed by atoms with Gasteiger partial charge in [0.1, 0.15) is 0 Å². The number of carbonyl (C=O) groups excluding carboxylic acids is 2. The van der Waals surface area contributed by atoms with Gasteiger partial charge in [-0.15, -0.1) is 23.1 Å². The molecule has 2 heterocycles. The van der Waals surface area contributed by atoms with Gasteiger partial charge in [0.25, 0.3) is 5.91 Å². The highest BCUT2D eigenvalue weighted by molar-refractivity contribution is 7.99. The summed E-state index contributed by atoms with van der Waals surface area (Å²) in [6.07, 6.45) is 0. The molecule has 9 heteroatoms. The molecule has 0 aromatic carbocycles. The smallest absolute Gasteiger partial charge is 0.316 e. The van der Waals surface area contributed by atoms with Crippen LogP contribution in [0.2, 0.25) is 10.0 Å². The largest absolute Gasteiger partial charge is 0.455 e. The fourth-order valence-corrected chi connectivity index (χ4v) is 3.70. The molecule has 2 aromatic rings. The lowest BCUT2D eigenvalue weighted by molar-refractivity contribution is -0.144. The first kappa shape index (κ1) is 19.1. The fraction of sp³-hybridized carbons (Fsp3) is 0.267. The monoisotopic (exact) mass is 404 g/mol. The van der Waals surface area contributed by atoms with Crippen LogP contribution in [0.5, 0.6) is 0 Å². The SMILES string of the molecule is Cc1nc(NC(=O)COC(=O)CSCc2cccs2)c(Cl)cc1Cl. The Labute approximate surface area is 157 Å². The maximum Gasteiger partial charge on any atom is 0.316 e. The van der Waals surface area contributed by atoms with Gasteiger partial charge >= 0.3 is 5.97 Å². The van der Waals surface area contributed by atoms with Crippen LogP contribution in [0.25, 0.3) is 0 Å². The number of aromatic nitrogens is 1. The van der Waals surface area contributed by atoms with Crippen molar-refractivity contribution in [2.24, 2.45) is 0 Å². The number of ether oxygens (including phenoxy) is 1. The van der Waals surface area contributed by atoms with E-state index in [1.807, 2.05) is 17.5 Å². The van der Waals surface area contributed by atoms with Crippen LogP contribution in [0.15, 0.2) is 23.6 Å². The number of aryl methyl sites for hydroxylation is 1. The minimum absolute atomic E-state index is 0.185. The van der Waals surface area contributed by atoms with Gasteiger partial charge in [0, 0.05) is 10.6 Å². The zero-order valence-electron chi connectivity index (χ0n) is 12.7. The summed E-state index contributed by atoms with van der Waals surface area (Å²) >= 11 is 14.9. The molecule has 0 aliphatic heterocycles. The zero-order chi connectivity index (χ0) is 17.5. The Balaban J connectivity index is 1.72. The van der Waals surface area contributed by atoms with Gasteiger partial charge in [-0.3, -0.25) is 9.59 Å². The summed E-state index contributed by atoms with van der Waals surface area (Å²) in [7, 11) is 0. The zero-order valence-corrected chi connectivity index (χ0v) is 15.8. The van der Waals surface area contributed by atoms with E-state index in [0.717, 1.165) is 5.75 Å². The molecule has 0 saturated heterocycles. The average molecular weight is 405 g/mol. The molecule has 2 rings (SSSR count). The van der Waals surface area contributed by atoms with Crippen LogP contribution in [0.4, 0.5) is 5.82 Å². The number of pyridine rings is 1. The molecular weight excluding hydrogens is 391 g/mol. The van der Waals surface area contributed by atoms with Gasteiger partial charge in [0.2, 0.25) is 0 Å². The Morgan fingerprint density at radius 2 is 2.17 bits per heavy atom. The first-order chi connectivity index (χ1) is 11.5. The minimum Gasteiger partial charge on any atom is -0.455 e. The highest BCUT2D eigenvalue weighted by Gasteiger charge is 2.12. The molecule has 0 bridgehead atoms.